The van der Waals surface area contributed by atoms with E-state index in [0.717, 1.165) is 42.4 Å². The van der Waals surface area contributed by atoms with Crippen LogP contribution >= 0.6 is 0 Å². The van der Waals surface area contributed by atoms with Crippen LogP contribution in [0.5, 0.6) is 11.5 Å². The Kier molecular flexibility index (Phi) is 5.24. The molecule has 5 rings (SSSR count). The summed E-state index contributed by atoms with van der Waals surface area (Å²) in [5, 5.41) is 0.961. The van der Waals surface area contributed by atoms with E-state index in [9.17, 15) is 9.59 Å². The lowest BCUT2D eigenvalue weighted by Crippen LogP contribution is -2.45. The highest BCUT2D eigenvalue weighted by Crippen LogP contribution is 2.33. The molecule has 1 saturated heterocycles. The van der Waals surface area contributed by atoms with E-state index in [2.05, 4.69) is 9.88 Å². The number of hydrogen-bond donors (Lipinski definition) is 1. The van der Waals surface area contributed by atoms with Gasteiger partial charge in [0.2, 0.25) is 0 Å². The number of aromatic amines is 1. The second kappa shape index (κ2) is 8.19. The van der Waals surface area contributed by atoms with Crippen LogP contribution in [-0.2, 0) is 0 Å². The summed E-state index contributed by atoms with van der Waals surface area (Å²) < 4.78 is 11.2. The van der Waals surface area contributed by atoms with Crippen molar-refractivity contribution in [2.45, 2.75) is 25.8 Å². The molecule has 0 saturated carbocycles. The number of H-pyrrole nitrogens is 1. The van der Waals surface area contributed by atoms with Crippen molar-refractivity contribution >= 4 is 22.5 Å². The van der Waals surface area contributed by atoms with Gasteiger partial charge in [-0.25, -0.2) is 0 Å². The highest BCUT2D eigenvalue weighted by molar-refractivity contribution is 6.10. The van der Waals surface area contributed by atoms with E-state index in [1.54, 1.807) is 6.07 Å². The van der Waals surface area contributed by atoms with Crippen LogP contribution in [0.3, 0.4) is 0 Å². The van der Waals surface area contributed by atoms with Crippen LogP contribution in [0.1, 0.15) is 40.5 Å². The second-order valence-electron chi connectivity index (χ2n) is 8.32. The molecule has 0 bridgehead atoms. The number of benzene rings is 2. The normalized spacial score (nSPS) is 18.1. The van der Waals surface area contributed by atoms with Gasteiger partial charge in [-0.2, -0.15) is 0 Å². The SMILES string of the molecule is CC(C(=O)c1c[nH]c2ccccc12)N1CCC(C(=O)c2ccc3c(c2)OCCO3)CC1. The largest absolute Gasteiger partial charge is 0.486 e. The Bertz CT molecular complexity index is 1130. The van der Waals surface area contributed by atoms with Crippen molar-refractivity contribution in [3.05, 3.63) is 59.8 Å². The fourth-order valence-electron chi connectivity index (χ4n) is 4.65. The number of ether oxygens (including phenoxy) is 2. The molecule has 31 heavy (non-hydrogen) atoms. The van der Waals surface area contributed by atoms with Gasteiger partial charge in [-0.1, -0.05) is 18.2 Å². The van der Waals surface area contributed by atoms with Gasteiger partial charge in [-0.3, -0.25) is 14.5 Å². The Hall–Kier alpha value is -3.12. The first-order valence-corrected chi connectivity index (χ1v) is 10.9. The first kappa shape index (κ1) is 19.8. The maximum Gasteiger partial charge on any atom is 0.181 e. The van der Waals surface area contributed by atoms with Crippen LogP contribution in [0.2, 0.25) is 0 Å². The minimum atomic E-state index is -0.218. The Balaban J connectivity index is 1.23. The Morgan fingerprint density at radius 3 is 2.58 bits per heavy atom. The molecule has 0 amide bonds. The highest BCUT2D eigenvalue weighted by Gasteiger charge is 2.31. The number of para-hydroxylation sites is 1. The molecule has 6 heteroatoms. The quantitative estimate of drug-likeness (QED) is 0.632. The lowest BCUT2D eigenvalue weighted by atomic mass is 9.87. The van der Waals surface area contributed by atoms with Crippen LogP contribution in [0.15, 0.2) is 48.7 Å². The zero-order valence-corrected chi connectivity index (χ0v) is 17.6. The standard InChI is InChI=1S/C25H26N2O4/c1-16(24(28)20-15-26-21-5-3-2-4-19(20)21)27-10-8-17(9-11-27)25(29)18-6-7-22-23(14-18)31-13-12-30-22/h2-7,14-17,26H,8-13H2,1H3. The molecule has 3 aromatic rings. The van der Waals surface area contributed by atoms with E-state index in [0.29, 0.717) is 30.3 Å². The summed E-state index contributed by atoms with van der Waals surface area (Å²) in [5.41, 5.74) is 2.38. The molecule has 0 aliphatic carbocycles. The molecule has 2 aromatic carbocycles. The lowest BCUT2D eigenvalue weighted by Gasteiger charge is -2.34. The zero-order valence-electron chi connectivity index (χ0n) is 17.6. The van der Waals surface area contributed by atoms with Gasteiger partial charge in [0.05, 0.1) is 6.04 Å². The number of carbonyl (C=O) groups is 2. The van der Waals surface area contributed by atoms with Gasteiger partial charge in [-0.15, -0.1) is 0 Å². The fourth-order valence-corrected chi connectivity index (χ4v) is 4.65. The number of nitrogens with zero attached hydrogens (tertiary/aromatic N) is 1. The molecule has 1 aromatic heterocycles. The van der Waals surface area contributed by atoms with E-state index < -0.39 is 0 Å². The Morgan fingerprint density at radius 1 is 1.03 bits per heavy atom. The molecule has 0 radical (unpaired) electrons. The van der Waals surface area contributed by atoms with Crippen molar-refractivity contribution in [3.63, 3.8) is 0 Å². The van der Waals surface area contributed by atoms with E-state index >= 15 is 0 Å². The predicted octanol–water partition coefficient (Wildman–Crippen LogP) is 4.11. The summed E-state index contributed by atoms with van der Waals surface area (Å²) in [4.78, 5) is 31.6. The molecule has 1 atom stereocenters. The van der Waals surface area contributed by atoms with E-state index in [-0.39, 0.29) is 23.5 Å². The number of rotatable bonds is 5. The molecule has 1 fully saturated rings. The zero-order chi connectivity index (χ0) is 21.4. The van der Waals surface area contributed by atoms with Gasteiger partial charge >= 0.3 is 0 Å². The van der Waals surface area contributed by atoms with Gasteiger partial charge in [0.25, 0.3) is 0 Å². The summed E-state index contributed by atoms with van der Waals surface area (Å²) >= 11 is 0. The minimum absolute atomic E-state index is 0.0331. The second-order valence-corrected chi connectivity index (χ2v) is 8.32. The van der Waals surface area contributed by atoms with Crippen LogP contribution in [0.25, 0.3) is 10.9 Å². The molecule has 6 nitrogen and oxygen atoms in total. The summed E-state index contributed by atoms with van der Waals surface area (Å²) in [6.45, 7) is 4.47. The van der Waals surface area contributed by atoms with E-state index in [4.69, 9.17) is 9.47 Å². The smallest absolute Gasteiger partial charge is 0.181 e. The molecular formula is C25H26N2O4. The first-order chi connectivity index (χ1) is 15.1. The summed E-state index contributed by atoms with van der Waals surface area (Å²) in [7, 11) is 0. The minimum Gasteiger partial charge on any atom is -0.486 e. The van der Waals surface area contributed by atoms with Crippen molar-refractivity contribution in [2.75, 3.05) is 26.3 Å². The number of likely N-dealkylation sites (tertiary alicyclic amines) is 1. The number of fused-ring (bicyclic) bond motifs is 2. The van der Waals surface area contributed by atoms with Crippen molar-refractivity contribution < 1.29 is 19.1 Å². The van der Waals surface area contributed by atoms with Gasteiger partial charge in [0, 0.05) is 34.1 Å². The van der Waals surface area contributed by atoms with Crippen LogP contribution < -0.4 is 9.47 Å². The number of aromatic nitrogens is 1. The number of nitrogens with one attached hydrogen (secondary N) is 1. The summed E-state index contributed by atoms with van der Waals surface area (Å²) in [5.74, 6) is 1.57. The Morgan fingerprint density at radius 2 is 1.77 bits per heavy atom. The van der Waals surface area contributed by atoms with Crippen LogP contribution in [-0.4, -0.2) is 53.8 Å². The molecule has 2 aliphatic rings. The first-order valence-electron chi connectivity index (χ1n) is 10.9. The molecule has 1 N–H and O–H groups in total. The number of Topliss-reactive ketones (excluding diaryl/α,β-unsaturated/α-hetero) is 2. The molecule has 3 heterocycles. The monoisotopic (exact) mass is 418 g/mol. The average molecular weight is 418 g/mol. The summed E-state index contributed by atoms with van der Waals surface area (Å²) in [6.07, 6.45) is 3.30. The maximum absolute atomic E-state index is 13.1. The van der Waals surface area contributed by atoms with Crippen molar-refractivity contribution in [1.29, 1.82) is 0 Å². The topological polar surface area (TPSA) is 71.6 Å². The maximum atomic E-state index is 13.1. The van der Waals surface area contributed by atoms with E-state index in [1.807, 2.05) is 49.5 Å². The molecule has 160 valence electrons. The van der Waals surface area contributed by atoms with Gasteiger partial charge in [0.15, 0.2) is 23.1 Å². The predicted molar refractivity (Wildman–Crippen MR) is 118 cm³/mol. The third-order valence-corrected chi connectivity index (χ3v) is 6.51. The van der Waals surface area contributed by atoms with Crippen LogP contribution in [0.4, 0.5) is 0 Å². The summed E-state index contributed by atoms with van der Waals surface area (Å²) in [6, 6.07) is 13.1. The number of carbonyl (C=O) groups excluding carboxylic acids is 2. The molecule has 1 unspecified atom stereocenters. The van der Waals surface area contributed by atoms with Gasteiger partial charge in [-0.05, 0) is 57.1 Å². The van der Waals surface area contributed by atoms with Crippen molar-refractivity contribution in [1.82, 2.24) is 9.88 Å². The lowest BCUT2D eigenvalue weighted by molar-refractivity contribution is 0.0714. The molecular weight excluding hydrogens is 392 g/mol. The van der Waals surface area contributed by atoms with Gasteiger partial charge < -0.3 is 14.5 Å². The number of ketones is 2. The molecule has 2 aliphatic heterocycles. The third-order valence-electron chi connectivity index (χ3n) is 6.51. The van der Waals surface area contributed by atoms with Crippen molar-refractivity contribution in [3.8, 4) is 11.5 Å². The number of piperidine rings is 1. The fraction of sp³-hybridized carbons (Fsp3) is 0.360. The average Bonchev–Trinajstić information content (AvgIpc) is 3.26. The highest BCUT2D eigenvalue weighted by atomic mass is 16.6. The Labute approximate surface area is 181 Å². The number of hydrogen-bond acceptors (Lipinski definition) is 5. The van der Waals surface area contributed by atoms with Crippen molar-refractivity contribution in [2.24, 2.45) is 5.92 Å². The molecule has 0 spiro atoms. The van der Waals surface area contributed by atoms with Crippen LogP contribution in [0, 0.1) is 5.92 Å². The van der Waals surface area contributed by atoms with E-state index in [1.165, 1.54) is 0 Å². The third kappa shape index (κ3) is 3.72. The van der Waals surface area contributed by atoms with Gasteiger partial charge in [0.1, 0.15) is 13.2 Å².